The first-order chi connectivity index (χ1) is 11.1. The van der Waals surface area contributed by atoms with E-state index in [1.54, 1.807) is 42.5 Å². The number of carbonyl (C=O) groups is 2. The fourth-order valence-electron chi connectivity index (χ4n) is 1.76. The van der Waals surface area contributed by atoms with E-state index in [0.29, 0.717) is 17.1 Å². The first-order valence-corrected chi connectivity index (χ1v) is 6.68. The van der Waals surface area contributed by atoms with Crippen LogP contribution in [0.5, 0.6) is 11.5 Å². The van der Waals surface area contributed by atoms with Crippen LogP contribution >= 0.6 is 0 Å². The highest BCUT2D eigenvalue weighted by Crippen LogP contribution is 2.20. The van der Waals surface area contributed by atoms with E-state index >= 15 is 0 Å². The van der Waals surface area contributed by atoms with Crippen molar-refractivity contribution in [2.75, 3.05) is 24.9 Å². The molecule has 0 aromatic heterocycles. The van der Waals surface area contributed by atoms with Crippen LogP contribution in [0.3, 0.4) is 0 Å². The molecule has 0 radical (unpaired) electrons. The van der Waals surface area contributed by atoms with Crippen molar-refractivity contribution in [1.29, 1.82) is 0 Å². The number of methoxy groups -OCH3 is 2. The van der Waals surface area contributed by atoms with Gasteiger partial charge in [-0.15, -0.1) is 0 Å². The normalized spacial score (nSPS) is 9.65. The largest absolute Gasteiger partial charge is 0.497 e. The fourth-order valence-corrected chi connectivity index (χ4v) is 1.76. The molecule has 0 bridgehead atoms. The zero-order chi connectivity index (χ0) is 16.7. The summed E-state index contributed by atoms with van der Waals surface area (Å²) in [5.41, 5.74) is 0.988. The number of hydrogen-bond donors (Lipinski definition) is 2. The molecule has 2 aromatic rings. The molecule has 0 aliphatic carbocycles. The number of anilines is 2. The van der Waals surface area contributed by atoms with E-state index in [9.17, 15) is 9.59 Å². The van der Waals surface area contributed by atoms with Crippen molar-refractivity contribution in [2.45, 2.75) is 0 Å². The maximum absolute atomic E-state index is 11.9. The van der Waals surface area contributed by atoms with Crippen molar-refractivity contribution in [3.8, 4) is 11.5 Å². The van der Waals surface area contributed by atoms with E-state index < -0.39 is 12.2 Å². The fraction of sp³-hybridized carbons (Fsp3) is 0.125. The van der Waals surface area contributed by atoms with Crippen molar-refractivity contribution >= 4 is 23.6 Å². The monoisotopic (exact) mass is 316 g/mol. The standard InChI is InChI=1S/C16H16N2O5/c1-21-13-7-3-5-11(9-13)18-16(20)23-14-8-4-6-12(10-14)17-15(19)22-2/h3-10H,1-2H3,(H,17,19)(H,18,20). The van der Waals surface area contributed by atoms with Gasteiger partial charge in [-0.25, -0.2) is 9.59 Å². The van der Waals surface area contributed by atoms with Gasteiger partial charge in [0.2, 0.25) is 0 Å². The molecular formula is C16H16N2O5. The van der Waals surface area contributed by atoms with Gasteiger partial charge in [-0.2, -0.15) is 0 Å². The molecule has 0 fully saturated rings. The maximum atomic E-state index is 11.9. The number of benzene rings is 2. The molecule has 7 nitrogen and oxygen atoms in total. The highest BCUT2D eigenvalue weighted by molar-refractivity contribution is 5.87. The minimum atomic E-state index is -0.659. The Balaban J connectivity index is 1.99. The number of ether oxygens (including phenoxy) is 3. The molecule has 0 saturated carbocycles. The first-order valence-electron chi connectivity index (χ1n) is 6.68. The van der Waals surface area contributed by atoms with Crippen LogP contribution in [0, 0.1) is 0 Å². The van der Waals surface area contributed by atoms with Gasteiger partial charge in [0.15, 0.2) is 0 Å². The molecule has 7 heteroatoms. The Labute approximate surface area is 133 Å². The maximum Gasteiger partial charge on any atom is 0.417 e. The van der Waals surface area contributed by atoms with E-state index in [1.165, 1.54) is 20.3 Å². The third-order valence-corrected chi connectivity index (χ3v) is 2.79. The quantitative estimate of drug-likeness (QED) is 0.902. The molecule has 2 amide bonds. The van der Waals surface area contributed by atoms with Crippen LogP contribution in [0.4, 0.5) is 21.0 Å². The lowest BCUT2D eigenvalue weighted by Crippen LogP contribution is -2.17. The Kier molecular flexibility index (Phi) is 5.40. The molecule has 0 heterocycles. The van der Waals surface area contributed by atoms with Crippen LogP contribution in [-0.2, 0) is 4.74 Å². The lowest BCUT2D eigenvalue weighted by atomic mass is 10.3. The van der Waals surface area contributed by atoms with Gasteiger partial charge < -0.3 is 14.2 Å². The Hall–Kier alpha value is -3.22. The summed E-state index contributed by atoms with van der Waals surface area (Å²) in [4.78, 5) is 23.0. The van der Waals surface area contributed by atoms with Crippen molar-refractivity contribution < 1.29 is 23.8 Å². The molecule has 0 aliphatic heterocycles. The van der Waals surface area contributed by atoms with Gasteiger partial charge in [0.25, 0.3) is 0 Å². The SMILES string of the molecule is COC(=O)Nc1cccc(OC(=O)Nc2cccc(OC)c2)c1. The van der Waals surface area contributed by atoms with E-state index in [4.69, 9.17) is 9.47 Å². The molecule has 0 saturated heterocycles. The summed E-state index contributed by atoms with van der Waals surface area (Å²) in [5.74, 6) is 0.895. The molecule has 0 atom stereocenters. The van der Waals surface area contributed by atoms with Crippen LogP contribution in [0.1, 0.15) is 0 Å². The Morgan fingerprint density at radius 1 is 0.826 bits per heavy atom. The second-order valence-corrected chi connectivity index (χ2v) is 4.39. The van der Waals surface area contributed by atoms with Crippen LogP contribution in [0.2, 0.25) is 0 Å². The van der Waals surface area contributed by atoms with Crippen LogP contribution in [0.25, 0.3) is 0 Å². The smallest absolute Gasteiger partial charge is 0.417 e. The van der Waals surface area contributed by atoms with Gasteiger partial charge in [0.1, 0.15) is 11.5 Å². The summed E-state index contributed by atoms with van der Waals surface area (Å²) in [6.07, 6.45) is -1.27. The highest BCUT2D eigenvalue weighted by atomic mass is 16.6. The number of nitrogens with one attached hydrogen (secondary N) is 2. The van der Waals surface area contributed by atoms with Gasteiger partial charge in [0.05, 0.1) is 14.2 Å². The lowest BCUT2D eigenvalue weighted by molar-refractivity contribution is 0.187. The second kappa shape index (κ2) is 7.69. The first kappa shape index (κ1) is 16.2. The minimum absolute atomic E-state index is 0.277. The summed E-state index contributed by atoms with van der Waals surface area (Å²) >= 11 is 0. The number of rotatable bonds is 4. The van der Waals surface area contributed by atoms with Crippen LogP contribution in [-0.4, -0.2) is 26.4 Å². The Bertz CT molecular complexity index is 702. The molecule has 120 valence electrons. The van der Waals surface area contributed by atoms with Gasteiger partial charge >= 0.3 is 12.2 Å². The van der Waals surface area contributed by atoms with Crippen LogP contribution < -0.4 is 20.1 Å². The third kappa shape index (κ3) is 4.92. The minimum Gasteiger partial charge on any atom is -0.497 e. The zero-order valence-corrected chi connectivity index (χ0v) is 12.7. The van der Waals surface area contributed by atoms with Gasteiger partial charge in [-0.3, -0.25) is 10.6 Å². The third-order valence-electron chi connectivity index (χ3n) is 2.79. The molecule has 2 aromatic carbocycles. The van der Waals surface area contributed by atoms with E-state index in [0.717, 1.165) is 0 Å². The van der Waals surface area contributed by atoms with Crippen molar-refractivity contribution in [1.82, 2.24) is 0 Å². The summed E-state index contributed by atoms with van der Waals surface area (Å²) in [6, 6.07) is 13.3. The molecule has 0 spiro atoms. The van der Waals surface area contributed by atoms with Gasteiger partial charge in [-0.05, 0) is 24.3 Å². The topological polar surface area (TPSA) is 85.9 Å². The predicted octanol–water partition coefficient (Wildman–Crippen LogP) is 3.48. The zero-order valence-electron chi connectivity index (χ0n) is 12.7. The Morgan fingerprint density at radius 2 is 1.39 bits per heavy atom. The summed E-state index contributed by atoms with van der Waals surface area (Å²) < 4.78 is 14.7. The van der Waals surface area contributed by atoms with Gasteiger partial charge in [-0.1, -0.05) is 12.1 Å². The molecule has 0 unspecified atom stereocenters. The van der Waals surface area contributed by atoms with Crippen molar-refractivity contribution in [3.63, 3.8) is 0 Å². The molecule has 0 aliphatic rings. The molecule has 2 N–H and O–H groups in total. The molecular weight excluding hydrogens is 300 g/mol. The number of hydrogen-bond acceptors (Lipinski definition) is 5. The Morgan fingerprint density at radius 3 is 2.00 bits per heavy atom. The molecule has 23 heavy (non-hydrogen) atoms. The van der Waals surface area contributed by atoms with E-state index in [1.807, 2.05) is 0 Å². The lowest BCUT2D eigenvalue weighted by Gasteiger charge is -2.09. The summed E-state index contributed by atoms with van der Waals surface area (Å²) in [6.45, 7) is 0. The van der Waals surface area contributed by atoms with E-state index in [2.05, 4.69) is 15.4 Å². The highest BCUT2D eigenvalue weighted by Gasteiger charge is 2.07. The van der Waals surface area contributed by atoms with Gasteiger partial charge in [0, 0.05) is 23.5 Å². The van der Waals surface area contributed by atoms with Crippen molar-refractivity contribution in [3.05, 3.63) is 48.5 Å². The predicted molar refractivity (Wildman–Crippen MR) is 85.1 cm³/mol. The van der Waals surface area contributed by atoms with E-state index in [-0.39, 0.29) is 5.75 Å². The van der Waals surface area contributed by atoms with Crippen molar-refractivity contribution in [2.24, 2.45) is 0 Å². The average Bonchev–Trinajstić information content (AvgIpc) is 2.55. The molecule has 2 rings (SSSR count). The summed E-state index contributed by atoms with van der Waals surface area (Å²) in [7, 11) is 2.80. The van der Waals surface area contributed by atoms with Crippen LogP contribution in [0.15, 0.2) is 48.5 Å². The average molecular weight is 316 g/mol. The second-order valence-electron chi connectivity index (χ2n) is 4.39. The number of carbonyl (C=O) groups excluding carboxylic acids is 2. The number of amides is 2. The summed E-state index contributed by atoms with van der Waals surface area (Å²) in [5, 5.41) is 5.06.